The number of methoxy groups -OCH3 is 1. The summed E-state index contributed by atoms with van der Waals surface area (Å²) in [6.45, 7) is 0.184. The molecule has 0 atom stereocenters. The zero-order valence-corrected chi connectivity index (χ0v) is 13.5. The Kier molecular flexibility index (Phi) is 6.39. The van der Waals surface area contributed by atoms with Gasteiger partial charge in [-0.05, 0) is 24.6 Å². The number of hydrogen-bond acceptors (Lipinski definition) is 4. The predicted octanol–water partition coefficient (Wildman–Crippen LogP) is 2.52. The number of nitrogens with zero attached hydrogens (tertiary/aromatic N) is 1. The Morgan fingerprint density at radius 2 is 2.00 bits per heavy atom. The van der Waals surface area contributed by atoms with Crippen LogP contribution in [0.3, 0.4) is 0 Å². The summed E-state index contributed by atoms with van der Waals surface area (Å²) in [4.78, 5) is 27.5. The molecule has 0 aliphatic heterocycles. The van der Waals surface area contributed by atoms with Crippen molar-refractivity contribution in [2.45, 2.75) is 12.8 Å². The summed E-state index contributed by atoms with van der Waals surface area (Å²) in [5.41, 5.74) is 0.290. The number of nitrogens with one attached hydrogen (secondary N) is 2. The summed E-state index contributed by atoms with van der Waals surface area (Å²) >= 11 is 0. The lowest BCUT2D eigenvalue weighted by Gasteiger charge is -2.07. The lowest BCUT2D eigenvalue weighted by molar-refractivity contribution is -0.116. The minimum Gasteiger partial charge on any atom is -0.481 e. The summed E-state index contributed by atoms with van der Waals surface area (Å²) in [7, 11) is 1.49. The van der Waals surface area contributed by atoms with E-state index in [0.29, 0.717) is 24.1 Å². The number of hydrogen-bond donors (Lipinski definition) is 2. The fourth-order valence-corrected chi connectivity index (χ4v) is 2.02. The zero-order chi connectivity index (χ0) is 18.2. The molecule has 6 nitrogen and oxygen atoms in total. The van der Waals surface area contributed by atoms with E-state index in [4.69, 9.17) is 4.74 Å². The largest absolute Gasteiger partial charge is 0.481 e. The molecule has 0 aliphatic carbocycles. The van der Waals surface area contributed by atoms with E-state index < -0.39 is 17.5 Å². The molecule has 2 N–H and O–H groups in total. The second-order valence-corrected chi connectivity index (χ2v) is 5.12. The fraction of sp³-hybridized carbons (Fsp3) is 0.235. The van der Waals surface area contributed by atoms with Gasteiger partial charge in [0.2, 0.25) is 11.8 Å². The molecule has 0 unspecified atom stereocenters. The van der Waals surface area contributed by atoms with Crippen molar-refractivity contribution in [2.24, 2.45) is 0 Å². The van der Waals surface area contributed by atoms with Crippen LogP contribution in [0.1, 0.15) is 23.2 Å². The van der Waals surface area contributed by atoms with Gasteiger partial charge in [-0.3, -0.25) is 9.59 Å². The molecule has 1 aromatic heterocycles. The van der Waals surface area contributed by atoms with Crippen LogP contribution in [0.5, 0.6) is 5.88 Å². The van der Waals surface area contributed by atoms with Gasteiger partial charge in [0.1, 0.15) is 11.6 Å². The zero-order valence-electron chi connectivity index (χ0n) is 13.5. The van der Waals surface area contributed by atoms with E-state index in [-0.39, 0.29) is 24.4 Å². The topological polar surface area (TPSA) is 80.3 Å². The first-order chi connectivity index (χ1) is 12.0. The third-order valence-electron chi connectivity index (χ3n) is 3.27. The van der Waals surface area contributed by atoms with Gasteiger partial charge in [0.15, 0.2) is 0 Å². The van der Waals surface area contributed by atoms with E-state index in [2.05, 4.69) is 15.6 Å². The van der Waals surface area contributed by atoms with Gasteiger partial charge >= 0.3 is 0 Å². The average Bonchev–Trinajstić information content (AvgIpc) is 2.59. The van der Waals surface area contributed by atoms with E-state index in [1.54, 1.807) is 12.1 Å². The third-order valence-corrected chi connectivity index (χ3v) is 3.27. The highest BCUT2D eigenvalue weighted by molar-refractivity contribution is 5.94. The Bertz CT molecular complexity index is 751. The minimum atomic E-state index is -0.928. The predicted molar refractivity (Wildman–Crippen MR) is 87.3 cm³/mol. The van der Waals surface area contributed by atoms with Gasteiger partial charge in [0.25, 0.3) is 5.91 Å². The molecule has 2 aromatic rings. The maximum Gasteiger partial charge on any atom is 0.254 e. The Morgan fingerprint density at radius 3 is 2.64 bits per heavy atom. The molecule has 2 amide bonds. The molecule has 8 heteroatoms. The molecule has 0 saturated carbocycles. The van der Waals surface area contributed by atoms with Crippen LogP contribution in [0.25, 0.3) is 0 Å². The normalized spacial score (nSPS) is 10.2. The number of rotatable bonds is 7. The van der Waals surface area contributed by atoms with Crippen LogP contribution in [-0.2, 0) is 4.79 Å². The number of anilines is 1. The number of amides is 2. The van der Waals surface area contributed by atoms with E-state index in [1.807, 2.05) is 0 Å². The standard InChI is InChI=1S/C17H17F2N3O3/c1-25-16-7-5-12(10-21-16)22-15(23)3-2-8-20-17(24)13-6-4-11(18)9-14(13)19/h4-7,9-10H,2-3,8H2,1H3,(H,20,24)(H,22,23). The summed E-state index contributed by atoms with van der Waals surface area (Å²) in [5, 5.41) is 5.14. The Hall–Kier alpha value is -3.03. The molecule has 1 aromatic carbocycles. The summed E-state index contributed by atoms with van der Waals surface area (Å²) in [5.74, 6) is -2.14. The maximum absolute atomic E-state index is 13.5. The number of benzene rings is 1. The molecule has 132 valence electrons. The smallest absolute Gasteiger partial charge is 0.254 e. The van der Waals surface area contributed by atoms with Gasteiger partial charge < -0.3 is 15.4 Å². The molecule has 0 saturated heterocycles. The molecular weight excluding hydrogens is 332 g/mol. The number of carbonyl (C=O) groups excluding carboxylic acids is 2. The quantitative estimate of drug-likeness (QED) is 0.753. The molecule has 0 radical (unpaired) electrons. The fourth-order valence-electron chi connectivity index (χ4n) is 2.02. The first kappa shape index (κ1) is 18.3. The molecule has 1 heterocycles. The Balaban J connectivity index is 1.72. The van der Waals surface area contributed by atoms with Gasteiger partial charge in [-0.2, -0.15) is 0 Å². The van der Waals surface area contributed by atoms with Gasteiger partial charge in [0.05, 0.1) is 24.6 Å². The van der Waals surface area contributed by atoms with Crippen LogP contribution in [-0.4, -0.2) is 30.5 Å². The lowest BCUT2D eigenvalue weighted by Crippen LogP contribution is -2.26. The van der Waals surface area contributed by atoms with Crippen LogP contribution in [0.2, 0.25) is 0 Å². The SMILES string of the molecule is COc1ccc(NC(=O)CCCNC(=O)c2ccc(F)cc2F)cn1. The van der Waals surface area contributed by atoms with Crippen LogP contribution >= 0.6 is 0 Å². The highest BCUT2D eigenvalue weighted by Crippen LogP contribution is 2.11. The van der Waals surface area contributed by atoms with Crippen molar-refractivity contribution in [1.82, 2.24) is 10.3 Å². The number of halogens is 2. The molecule has 2 rings (SSSR count). The first-order valence-electron chi connectivity index (χ1n) is 7.52. The van der Waals surface area contributed by atoms with Crippen molar-refractivity contribution < 1.29 is 23.1 Å². The second-order valence-electron chi connectivity index (χ2n) is 5.12. The third kappa shape index (κ3) is 5.52. The highest BCUT2D eigenvalue weighted by atomic mass is 19.1. The van der Waals surface area contributed by atoms with E-state index in [1.165, 1.54) is 13.3 Å². The minimum absolute atomic E-state index is 0.165. The van der Waals surface area contributed by atoms with E-state index in [0.717, 1.165) is 12.1 Å². The van der Waals surface area contributed by atoms with Crippen LogP contribution in [0.15, 0.2) is 36.5 Å². The van der Waals surface area contributed by atoms with Gasteiger partial charge in [-0.25, -0.2) is 13.8 Å². The van der Waals surface area contributed by atoms with Crippen molar-refractivity contribution in [3.8, 4) is 5.88 Å². The molecule has 0 spiro atoms. The van der Waals surface area contributed by atoms with Crippen molar-refractivity contribution in [3.63, 3.8) is 0 Å². The van der Waals surface area contributed by atoms with Crippen molar-refractivity contribution >= 4 is 17.5 Å². The van der Waals surface area contributed by atoms with E-state index >= 15 is 0 Å². The number of aromatic nitrogens is 1. The van der Waals surface area contributed by atoms with Crippen LogP contribution in [0.4, 0.5) is 14.5 Å². The maximum atomic E-state index is 13.5. The van der Waals surface area contributed by atoms with Gasteiger partial charge in [-0.15, -0.1) is 0 Å². The van der Waals surface area contributed by atoms with Crippen LogP contribution in [0, 0.1) is 11.6 Å². The summed E-state index contributed by atoms with van der Waals surface area (Å²) in [6, 6.07) is 6.00. The van der Waals surface area contributed by atoms with Crippen molar-refractivity contribution in [3.05, 3.63) is 53.7 Å². The molecule has 0 fully saturated rings. The average molecular weight is 349 g/mol. The summed E-state index contributed by atoms with van der Waals surface area (Å²) < 4.78 is 31.2. The monoisotopic (exact) mass is 349 g/mol. The second kappa shape index (κ2) is 8.72. The van der Waals surface area contributed by atoms with Crippen molar-refractivity contribution in [2.75, 3.05) is 19.0 Å². The Morgan fingerprint density at radius 1 is 1.20 bits per heavy atom. The van der Waals surface area contributed by atoms with Gasteiger partial charge in [-0.1, -0.05) is 0 Å². The van der Waals surface area contributed by atoms with Gasteiger partial charge in [0, 0.05) is 25.1 Å². The Labute approximate surface area is 143 Å². The highest BCUT2D eigenvalue weighted by Gasteiger charge is 2.12. The van der Waals surface area contributed by atoms with Crippen LogP contribution < -0.4 is 15.4 Å². The molecule has 0 bridgehead atoms. The molecular formula is C17H17F2N3O3. The van der Waals surface area contributed by atoms with E-state index in [9.17, 15) is 18.4 Å². The number of pyridine rings is 1. The molecule has 25 heavy (non-hydrogen) atoms. The number of carbonyl (C=O) groups is 2. The van der Waals surface area contributed by atoms with Crippen molar-refractivity contribution in [1.29, 1.82) is 0 Å². The molecule has 0 aliphatic rings. The first-order valence-corrected chi connectivity index (χ1v) is 7.52. The lowest BCUT2D eigenvalue weighted by atomic mass is 10.2. The number of ether oxygens (including phenoxy) is 1. The summed E-state index contributed by atoms with van der Waals surface area (Å²) in [6.07, 6.45) is 2.00.